The smallest absolute Gasteiger partial charge is 0.266 e. The zero-order valence-electron chi connectivity index (χ0n) is 15.8. The van der Waals surface area contributed by atoms with Crippen molar-refractivity contribution in [2.24, 2.45) is 7.05 Å². The van der Waals surface area contributed by atoms with E-state index in [1.54, 1.807) is 23.3 Å². The van der Waals surface area contributed by atoms with Gasteiger partial charge in [0.2, 0.25) is 0 Å². The number of anilines is 1. The average Bonchev–Trinajstić information content (AvgIpc) is 3.41. The molecule has 0 bridgehead atoms. The number of carbonyl (C=O) groups is 1. The van der Waals surface area contributed by atoms with Crippen molar-refractivity contribution in [3.05, 3.63) is 58.6 Å². The van der Waals surface area contributed by atoms with Crippen molar-refractivity contribution in [3.63, 3.8) is 0 Å². The van der Waals surface area contributed by atoms with E-state index < -0.39 is 0 Å². The highest BCUT2D eigenvalue weighted by Gasteiger charge is 2.31. The number of nitrogens with zero attached hydrogens (tertiary/aromatic N) is 4. The summed E-state index contributed by atoms with van der Waals surface area (Å²) in [5, 5.41) is 7.76. The van der Waals surface area contributed by atoms with Crippen LogP contribution in [0.4, 0.5) is 5.69 Å². The predicted octanol–water partition coefficient (Wildman–Crippen LogP) is 4.45. The molecule has 9 heteroatoms. The number of amides is 1. The van der Waals surface area contributed by atoms with Crippen molar-refractivity contribution in [2.75, 3.05) is 5.32 Å². The molecule has 4 aromatic rings. The van der Waals surface area contributed by atoms with E-state index in [2.05, 4.69) is 19.8 Å². The van der Waals surface area contributed by atoms with Crippen LogP contribution in [0, 0.1) is 6.92 Å². The standard InChI is InChI=1S/C20H17N5O2S2/c1-11-15(4-3-7-21-11)27-20-16-14(6-5-12-8-23-29-17(12)16)18(28-20)19(26)24-13-9-22-25(2)10-13/h3-4,7-10H,5-6H2,1-2H3,(H,24,26). The molecule has 0 saturated heterocycles. The highest BCUT2D eigenvalue weighted by molar-refractivity contribution is 7.17. The Bertz CT molecular complexity index is 1220. The lowest BCUT2D eigenvalue weighted by Crippen LogP contribution is -2.13. The molecule has 1 aliphatic rings. The van der Waals surface area contributed by atoms with Crippen LogP contribution in [0.15, 0.2) is 36.9 Å². The zero-order valence-corrected chi connectivity index (χ0v) is 17.4. The second kappa shape index (κ2) is 7.09. The number of thiophene rings is 1. The molecule has 1 N–H and O–H groups in total. The Kier molecular flexibility index (Phi) is 4.40. The van der Waals surface area contributed by atoms with Gasteiger partial charge in [0.15, 0.2) is 5.06 Å². The Morgan fingerprint density at radius 3 is 3.00 bits per heavy atom. The number of hydrogen-bond acceptors (Lipinski definition) is 7. The fourth-order valence-corrected chi connectivity index (χ4v) is 5.46. The van der Waals surface area contributed by atoms with E-state index >= 15 is 0 Å². The molecule has 7 nitrogen and oxygen atoms in total. The molecule has 0 aliphatic heterocycles. The molecule has 0 aromatic carbocycles. The average molecular weight is 424 g/mol. The molecule has 0 saturated carbocycles. The Balaban J connectivity index is 1.58. The fraction of sp³-hybridized carbons (Fsp3) is 0.200. The second-order valence-electron chi connectivity index (χ2n) is 6.80. The normalized spacial score (nSPS) is 12.3. The summed E-state index contributed by atoms with van der Waals surface area (Å²) in [6.07, 6.45) is 8.71. The van der Waals surface area contributed by atoms with Gasteiger partial charge < -0.3 is 10.1 Å². The largest absolute Gasteiger partial charge is 0.444 e. The molecular formula is C20H17N5O2S2. The van der Waals surface area contributed by atoms with E-state index in [1.165, 1.54) is 28.4 Å². The van der Waals surface area contributed by atoms with E-state index in [0.717, 1.165) is 34.5 Å². The molecule has 1 aliphatic carbocycles. The van der Waals surface area contributed by atoms with E-state index in [-0.39, 0.29) is 5.91 Å². The molecule has 5 rings (SSSR count). The van der Waals surface area contributed by atoms with Crippen LogP contribution in [0.2, 0.25) is 0 Å². The number of ether oxygens (including phenoxy) is 1. The molecule has 29 heavy (non-hydrogen) atoms. The highest BCUT2D eigenvalue weighted by Crippen LogP contribution is 2.50. The summed E-state index contributed by atoms with van der Waals surface area (Å²) < 4.78 is 12.3. The van der Waals surface area contributed by atoms with Crippen molar-refractivity contribution in [2.45, 2.75) is 19.8 Å². The summed E-state index contributed by atoms with van der Waals surface area (Å²) in [4.78, 5) is 19.1. The lowest BCUT2D eigenvalue weighted by Gasteiger charge is -2.14. The zero-order chi connectivity index (χ0) is 20.0. The number of pyridine rings is 1. The molecule has 1 amide bonds. The minimum absolute atomic E-state index is 0.148. The molecule has 0 unspecified atom stereocenters. The Morgan fingerprint density at radius 2 is 2.21 bits per heavy atom. The number of hydrogen-bond donors (Lipinski definition) is 1. The molecule has 0 atom stereocenters. The maximum absolute atomic E-state index is 13.1. The van der Waals surface area contributed by atoms with Gasteiger partial charge in [0, 0.05) is 25.6 Å². The number of rotatable bonds is 4. The summed E-state index contributed by atoms with van der Waals surface area (Å²) in [6.45, 7) is 1.91. The maximum Gasteiger partial charge on any atom is 0.266 e. The van der Waals surface area contributed by atoms with Crippen LogP contribution in [0.25, 0.3) is 10.4 Å². The molecule has 146 valence electrons. The summed E-state index contributed by atoms with van der Waals surface area (Å²) in [5.74, 6) is 0.539. The summed E-state index contributed by atoms with van der Waals surface area (Å²) in [7, 11) is 1.82. The third-order valence-corrected chi connectivity index (χ3v) is 6.79. The van der Waals surface area contributed by atoms with Gasteiger partial charge in [0.05, 0.1) is 32.9 Å². The number of nitrogens with one attached hydrogen (secondary N) is 1. The third kappa shape index (κ3) is 3.22. The van der Waals surface area contributed by atoms with Gasteiger partial charge in [-0.3, -0.25) is 14.5 Å². The van der Waals surface area contributed by atoms with Crippen LogP contribution < -0.4 is 10.1 Å². The maximum atomic E-state index is 13.1. The van der Waals surface area contributed by atoms with Crippen molar-refractivity contribution < 1.29 is 9.53 Å². The number of carbonyl (C=O) groups excluding carboxylic acids is 1. The first-order chi connectivity index (χ1) is 14.1. The van der Waals surface area contributed by atoms with Gasteiger partial charge in [0.25, 0.3) is 5.91 Å². The van der Waals surface area contributed by atoms with E-state index in [9.17, 15) is 4.79 Å². The fourth-order valence-electron chi connectivity index (χ4n) is 3.42. The predicted molar refractivity (Wildman–Crippen MR) is 113 cm³/mol. The van der Waals surface area contributed by atoms with Gasteiger partial charge >= 0.3 is 0 Å². The summed E-state index contributed by atoms with van der Waals surface area (Å²) in [6, 6.07) is 3.73. The van der Waals surface area contributed by atoms with Gasteiger partial charge in [-0.25, -0.2) is 4.37 Å². The van der Waals surface area contributed by atoms with Crippen LogP contribution in [0.1, 0.15) is 26.5 Å². The minimum atomic E-state index is -0.148. The topological polar surface area (TPSA) is 81.9 Å². The first kappa shape index (κ1) is 18.0. The third-order valence-electron chi connectivity index (χ3n) is 4.82. The lowest BCUT2D eigenvalue weighted by molar-refractivity contribution is 0.102. The Morgan fingerprint density at radius 1 is 1.31 bits per heavy atom. The Hall–Kier alpha value is -3.04. The van der Waals surface area contributed by atoms with Crippen molar-refractivity contribution in [1.82, 2.24) is 19.1 Å². The van der Waals surface area contributed by atoms with Crippen molar-refractivity contribution >= 4 is 34.5 Å². The number of aryl methyl sites for hydroxylation is 3. The molecule has 0 spiro atoms. The van der Waals surface area contributed by atoms with Gasteiger partial charge in [0.1, 0.15) is 5.75 Å². The van der Waals surface area contributed by atoms with Gasteiger partial charge in [-0.15, -0.1) is 0 Å². The second-order valence-corrected chi connectivity index (χ2v) is 8.58. The van der Waals surface area contributed by atoms with Crippen molar-refractivity contribution in [1.29, 1.82) is 0 Å². The van der Waals surface area contributed by atoms with Gasteiger partial charge in [-0.1, -0.05) is 11.3 Å². The minimum Gasteiger partial charge on any atom is -0.444 e. The first-order valence-corrected chi connectivity index (χ1v) is 10.7. The van der Waals surface area contributed by atoms with Crippen molar-refractivity contribution in [3.8, 4) is 21.3 Å². The molecule has 0 radical (unpaired) electrons. The highest BCUT2D eigenvalue weighted by atomic mass is 32.1. The van der Waals surface area contributed by atoms with Gasteiger partial charge in [-0.2, -0.15) is 5.10 Å². The van der Waals surface area contributed by atoms with Gasteiger partial charge in [-0.05, 0) is 54.6 Å². The Labute approximate surface area is 175 Å². The molecular weight excluding hydrogens is 406 g/mol. The summed E-state index contributed by atoms with van der Waals surface area (Å²) in [5.41, 5.74) is 4.67. The molecule has 4 aromatic heterocycles. The van der Waals surface area contributed by atoms with Crippen LogP contribution in [0.3, 0.4) is 0 Å². The molecule has 0 fully saturated rings. The summed E-state index contributed by atoms with van der Waals surface area (Å²) >= 11 is 2.81. The van der Waals surface area contributed by atoms with E-state index in [0.29, 0.717) is 21.4 Å². The number of fused-ring (bicyclic) bond motifs is 3. The first-order valence-electron chi connectivity index (χ1n) is 9.09. The number of aromatic nitrogens is 4. The van der Waals surface area contributed by atoms with Crippen LogP contribution in [-0.2, 0) is 19.9 Å². The lowest BCUT2D eigenvalue weighted by atomic mass is 9.93. The van der Waals surface area contributed by atoms with Crippen LogP contribution in [0.5, 0.6) is 10.8 Å². The molecule has 4 heterocycles. The van der Waals surface area contributed by atoms with Crippen LogP contribution in [-0.4, -0.2) is 25.0 Å². The quantitative estimate of drug-likeness (QED) is 0.524. The SMILES string of the molecule is Cc1ncccc1Oc1sc(C(=O)Nc2cnn(C)c2)c2c1-c1sncc1CC2. The van der Waals surface area contributed by atoms with E-state index in [1.807, 2.05) is 32.3 Å². The monoisotopic (exact) mass is 423 g/mol. The van der Waals surface area contributed by atoms with E-state index in [4.69, 9.17) is 4.74 Å². The van der Waals surface area contributed by atoms with Crippen LogP contribution >= 0.6 is 22.9 Å².